The van der Waals surface area contributed by atoms with Gasteiger partial charge in [-0.05, 0) is 40.0 Å². The third-order valence-corrected chi connectivity index (χ3v) is 3.14. The molecule has 0 aromatic rings. The molecule has 1 unspecified atom stereocenters. The SMILES string of the molecule is CCOC(=O)C1CCCCN1C(=O)C(C)(C)C#N. The largest absolute Gasteiger partial charge is 0.464 e. The molecule has 1 fully saturated rings. The van der Waals surface area contributed by atoms with Crippen LogP contribution in [0.1, 0.15) is 40.0 Å². The van der Waals surface area contributed by atoms with E-state index in [2.05, 4.69) is 0 Å². The molecule has 1 rings (SSSR count). The molecule has 5 nitrogen and oxygen atoms in total. The number of piperidine rings is 1. The van der Waals surface area contributed by atoms with Gasteiger partial charge in [-0.2, -0.15) is 5.26 Å². The van der Waals surface area contributed by atoms with E-state index in [9.17, 15) is 9.59 Å². The molecule has 1 aliphatic rings. The van der Waals surface area contributed by atoms with Crippen molar-refractivity contribution in [2.24, 2.45) is 5.41 Å². The van der Waals surface area contributed by atoms with Crippen LogP contribution in [-0.2, 0) is 14.3 Å². The summed E-state index contributed by atoms with van der Waals surface area (Å²) in [5.74, 6) is -0.651. The number of amides is 1. The van der Waals surface area contributed by atoms with Crippen LogP contribution in [0.3, 0.4) is 0 Å². The predicted molar refractivity (Wildman–Crippen MR) is 65.4 cm³/mol. The Bertz CT molecular complexity index is 371. The number of ether oxygens (including phenoxy) is 1. The highest BCUT2D eigenvalue weighted by molar-refractivity contribution is 5.89. The average Bonchev–Trinajstić information content (AvgIpc) is 2.38. The second-order valence-corrected chi connectivity index (χ2v) is 5.00. The van der Waals surface area contributed by atoms with E-state index in [0.29, 0.717) is 19.6 Å². The molecule has 0 saturated carbocycles. The fourth-order valence-electron chi connectivity index (χ4n) is 2.06. The third-order valence-electron chi connectivity index (χ3n) is 3.14. The maximum absolute atomic E-state index is 12.3. The molecular weight excluding hydrogens is 232 g/mol. The minimum Gasteiger partial charge on any atom is -0.464 e. The molecule has 1 amide bonds. The average molecular weight is 252 g/mol. The molecule has 5 heteroatoms. The summed E-state index contributed by atoms with van der Waals surface area (Å²) >= 11 is 0. The fourth-order valence-corrected chi connectivity index (χ4v) is 2.06. The summed E-state index contributed by atoms with van der Waals surface area (Å²) in [6, 6.07) is 1.46. The standard InChI is InChI=1S/C13H20N2O3/c1-4-18-11(16)10-7-5-6-8-15(10)12(17)13(2,3)9-14/h10H,4-8H2,1-3H3. The van der Waals surface area contributed by atoms with Gasteiger partial charge in [0.1, 0.15) is 11.5 Å². The van der Waals surface area contributed by atoms with Crippen molar-refractivity contribution >= 4 is 11.9 Å². The summed E-state index contributed by atoms with van der Waals surface area (Å²) in [6.07, 6.45) is 2.38. The van der Waals surface area contributed by atoms with Gasteiger partial charge in [-0.15, -0.1) is 0 Å². The van der Waals surface area contributed by atoms with Crippen LogP contribution in [0.15, 0.2) is 0 Å². The van der Waals surface area contributed by atoms with Crippen molar-refractivity contribution in [1.29, 1.82) is 5.26 Å². The maximum atomic E-state index is 12.3. The van der Waals surface area contributed by atoms with Crippen molar-refractivity contribution in [3.8, 4) is 6.07 Å². The van der Waals surface area contributed by atoms with Crippen molar-refractivity contribution in [2.75, 3.05) is 13.2 Å². The lowest BCUT2D eigenvalue weighted by molar-refractivity contribution is -0.158. The van der Waals surface area contributed by atoms with Gasteiger partial charge in [-0.1, -0.05) is 0 Å². The van der Waals surface area contributed by atoms with Crippen molar-refractivity contribution in [3.05, 3.63) is 0 Å². The van der Waals surface area contributed by atoms with E-state index < -0.39 is 11.5 Å². The molecule has 18 heavy (non-hydrogen) atoms. The first-order valence-corrected chi connectivity index (χ1v) is 6.33. The highest BCUT2D eigenvalue weighted by Gasteiger charge is 2.39. The second-order valence-electron chi connectivity index (χ2n) is 5.00. The Balaban J connectivity index is 2.87. The minimum atomic E-state index is -1.10. The Kier molecular flexibility index (Phi) is 4.71. The van der Waals surface area contributed by atoms with Gasteiger partial charge >= 0.3 is 5.97 Å². The summed E-state index contributed by atoms with van der Waals surface area (Å²) < 4.78 is 4.99. The highest BCUT2D eigenvalue weighted by Crippen LogP contribution is 2.25. The van der Waals surface area contributed by atoms with Gasteiger partial charge in [0.05, 0.1) is 12.7 Å². The molecule has 1 atom stereocenters. The zero-order valence-corrected chi connectivity index (χ0v) is 11.2. The zero-order chi connectivity index (χ0) is 13.8. The Morgan fingerprint density at radius 2 is 2.11 bits per heavy atom. The molecule has 0 bridgehead atoms. The lowest BCUT2D eigenvalue weighted by atomic mass is 9.91. The van der Waals surface area contributed by atoms with E-state index in [4.69, 9.17) is 10.00 Å². The van der Waals surface area contributed by atoms with Gasteiger partial charge in [0.25, 0.3) is 0 Å². The number of nitriles is 1. The molecule has 1 heterocycles. The fraction of sp³-hybridized carbons (Fsp3) is 0.769. The molecule has 0 radical (unpaired) electrons. The molecule has 0 aromatic carbocycles. The Hall–Kier alpha value is -1.57. The van der Waals surface area contributed by atoms with Crippen LogP contribution < -0.4 is 0 Å². The predicted octanol–water partition coefficient (Wildman–Crippen LogP) is 1.48. The molecule has 0 aromatic heterocycles. The van der Waals surface area contributed by atoms with Crippen molar-refractivity contribution in [3.63, 3.8) is 0 Å². The minimum absolute atomic E-state index is 0.289. The molecule has 1 saturated heterocycles. The van der Waals surface area contributed by atoms with Gasteiger partial charge in [0, 0.05) is 6.54 Å². The van der Waals surface area contributed by atoms with Crippen LogP contribution >= 0.6 is 0 Å². The number of carbonyl (C=O) groups is 2. The number of hydrogen-bond acceptors (Lipinski definition) is 4. The summed E-state index contributed by atoms with van der Waals surface area (Å²) in [4.78, 5) is 25.6. The molecule has 1 aliphatic heterocycles. The zero-order valence-electron chi connectivity index (χ0n) is 11.2. The third kappa shape index (κ3) is 3.00. The number of rotatable bonds is 3. The summed E-state index contributed by atoms with van der Waals surface area (Å²) in [6.45, 7) is 5.72. The van der Waals surface area contributed by atoms with Gasteiger partial charge < -0.3 is 9.64 Å². The summed E-state index contributed by atoms with van der Waals surface area (Å²) in [5, 5.41) is 9.01. The molecule has 0 aliphatic carbocycles. The van der Waals surface area contributed by atoms with Crippen LogP contribution in [0.2, 0.25) is 0 Å². The quantitative estimate of drug-likeness (QED) is 0.713. The van der Waals surface area contributed by atoms with Gasteiger partial charge in [0.2, 0.25) is 5.91 Å². The first-order chi connectivity index (χ1) is 8.44. The lowest BCUT2D eigenvalue weighted by Crippen LogP contribution is -2.52. The smallest absolute Gasteiger partial charge is 0.328 e. The maximum Gasteiger partial charge on any atom is 0.328 e. The van der Waals surface area contributed by atoms with E-state index in [0.717, 1.165) is 12.8 Å². The number of carbonyl (C=O) groups excluding carboxylic acids is 2. The molecule has 0 spiro atoms. The lowest BCUT2D eigenvalue weighted by Gasteiger charge is -2.36. The topological polar surface area (TPSA) is 70.4 Å². The Labute approximate surface area is 108 Å². The van der Waals surface area contributed by atoms with Crippen molar-refractivity contribution < 1.29 is 14.3 Å². The Morgan fingerprint density at radius 1 is 1.44 bits per heavy atom. The van der Waals surface area contributed by atoms with Gasteiger partial charge in [-0.3, -0.25) is 4.79 Å². The first-order valence-electron chi connectivity index (χ1n) is 6.33. The summed E-state index contributed by atoms with van der Waals surface area (Å²) in [7, 11) is 0. The number of esters is 1. The van der Waals surface area contributed by atoms with Crippen molar-refractivity contribution in [1.82, 2.24) is 4.90 Å². The van der Waals surface area contributed by atoms with E-state index in [1.54, 1.807) is 20.8 Å². The van der Waals surface area contributed by atoms with Crippen LogP contribution in [-0.4, -0.2) is 36.0 Å². The Morgan fingerprint density at radius 3 is 2.67 bits per heavy atom. The molecule has 0 N–H and O–H groups in total. The van der Waals surface area contributed by atoms with Crippen LogP contribution in [0.25, 0.3) is 0 Å². The van der Waals surface area contributed by atoms with E-state index in [1.165, 1.54) is 4.90 Å². The normalized spacial score (nSPS) is 20.1. The van der Waals surface area contributed by atoms with Crippen LogP contribution in [0.5, 0.6) is 0 Å². The van der Waals surface area contributed by atoms with Crippen LogP contribution in [0.4, 0.5) is 0 Å². The van der Waals surface area contributed by atoms with E-state index in [1.807, 2.05) is 6.07 Å². The van der Waals surface area contributed by atoms with Crippen molar-refractivity contribution in [2.45, 2.75) is 46.1 Å². The van der Waals surface area contributed by atoms with E-state index in [-0.39, 0.29) is 11.9 Å². The van der Waals surface area contributed by atoms with Gasteiger partial charge in [-0.25, -0.2) is 4.79 Å². The second kappa shape index (κ2) is 5.85. The van der Waals surface area contributed by atoms with Gasteiger partial charge in [0.15, 0.2) is 0 Å². The monoisotopic (exact) mass is 252 g/mol. The van der Waals surface area contributed by atoms with Crippen LogP contribution in [0, 0.1) is 16.7 Å². The molecule has 100 valence electrons. The molecular formula is C13H20N2O3. The van der Waals surface area contributed by atoms with E-state index >= 15 is 0 Å². The number of hydrogen-bond donors (Lipinski definition) is 0. The highest BCUT2D eigenvalue weighted by atomic mass is 16.5. The number of likely N-dealkylation sites (tertiary alicyclic amines) is 1. The first kappa shape index (κ1) is 14.5. The number of nitrogens with zero attached hydrogens (tertiary/aromatic N) is 2. The summed E-state index contributed by atoms with van der Waals surface area (Å²) in [5.41, 5.74) is -1.10.